The lowest BCUT2D eigenvalue weighted by atomic mass is 10.2. The van der Waals surface area contributed by atoms with Gasteiger partial charge in [0.15, 0.2) is 6.10 Å². The molecule has 0 aromatic heterocycles. The molecular formula is C20H21ClN2O5. The Kier molecular flexibility index (Phi) is 7.83. The number of halogens is 1. The molecule has 2 aromatic rings. The van der Waals surface area contributed by atoms with E-state index in [1.54, 1.807) is 48.5 Å². The standard InChI is InChI=1S/C20H21ClN2O5/c1-3-27-17-10-5-4-9-16(17)20(26)22-12-18(24)28-13(2)19(25)23-15-8-6-7-14(21)11-15/h4-11,13H,3,12H2,1-2H3,(H,22,26)(H,23,25)/t13-/m0/s1. The van der Waals surface area contributed by atoms with Gasteiger partial charge in [0.05, 0.1) is 12.2 Å². The van der Waals surface area contributed by atoms with Crippen LogP contribution in [0.15, 0.2) is 48.5 Å². The molecule has 2 rings (SSSR count). The number of hydrogen-bond donors (Lipinski definition) is 2. The van der Waals surface area contributed by atoms with Crippen molar-refractivity contribution in [3.63, 3.8) is 0 Å². The highest BCUT2D eigenvalue weighted by atomic mass is 35.5. The monoisotopic (exact) mass is 404 g/mol. The molecule has 0 saturated heterocycles. The maximum Gasteiger partial charge on any atom is 0.326 e. The van der Waals surface area contributed by atoms with Gasteiger partial charge in [-0.2, -0.15) is 0 Å². The van der Waals surface area contributed by atoms with Gasteiger partial charge in [0, 0.05) is 10.7 Å². The first-order chi connectivity index (χ1) is 13.4. The van der Waals surface area contributed by atoms with Crippen LogP contribution in [0.3, 0.4) is 0 Å². The average Bonchev–Trinajstić information content (AvgIpc) is 2.66. The molecule has 2 aromatic carbocycles. The molecule has 148 valence electrons. The van der Waals surface area contributed by atoms with Gasteiger partial charge >= 0.3 is 5.97 Å². The molecule has 28 heavy (non-hydrogen) atoms. The minimum atomic E-state index is -1.04. The second-order valence-corrected chi connectivity index (χ2v) is 6.18. The van der Waals surface area contributed by atoms with Crippen LogP contribution in [0.1, 0.15) is 24.2 Å². The number of anilines is 1. The molecule has 0 saturated carbocycles. The normalized spacial score (nSPS) is 11.2. The fraction of sp³-hybridized carbons (Fsp3) is 0.250. The number of rotatable bonds is 8. The number of para-hydroxylation sites is 1. The smallest absolute Gasteiger partial charge is 0.326 e. The third-order valence-corrected chi connectivity index (χ3v) is 3.83. The summed E-state index contributed by atoms with van der Waals surface area (Å²) in [5, 5.41) is 5.52. The summed E-state index contributed by atoms with van der Waals surface area (Å²) < 4.78 is 10.4. The number of carbonyl (C=O) groups is 3. The summed E-state index contributed by atoms with van der Waals surface area (Å²) >= 11 is 5.86. The Labute approximate surface area is 168 Å². The molecule has 0 heterocycles. The van der Waals surface area contributed by atoms with E-state index in [9.17, 15) is 14.4 Å². The lowest BCUT2D eigenvalue weighted by Crippen LogP contribution is -2.36. The second-order valence-electron chi connectivity index (χ2n) is 5.74. The Morgan fingerprint density at radius 3 is 2.57 bits per heavy atom. The first-order valence-corrected chi connectivity index (χ1v) is 9.04. The molecule has 1 atom stereocenters. The number of carbonyl (C=O) groups excluding carboxylic acids is 3. The maximum absolute atomic E-state index is 12.2. The van der Waals surface area contributed by atoms with E-state index in [0.29, 0.717) is 28.6 Å². The fourth-order valence-electron chi connectivity index (χ4n) is 2.29. The zero-order valence-electron chi connectivity index (χ0n) is 15.5. The molecule has 0 radical (unpaired) electrons. The Bertz CT molecular complexity index is 856. The van der Waals surface area contributed by atoms with Gasteiger partial charge in [-0.25, -0.2) is 0 Å². The molecule has 2 amide bonds. The van der Waals surface area contributed by atoms with Gasteiger partial charge < -0.3 is 20.1 Å². The van der Waals surface area contributed by atoms with E-state index in [-0.39, 0.29) is 6.54 Å². The maximum atomic E-state index is 12.2. The van der Waals surface area contributed by atoms with Crippen molar-refractivity contribution in [2.75, 3.05) is 18.5 Å². The molecule has 7 nitrogen and oxygen atoms in total. The zero-order chi connectivity index (χ0) is 20.5. The molecule has 0 bridgehead atoms. The summed E-state index contributed by atoms with van der Waals surface area (Å²) in [6.07, 6.45) is -1.04. The van der Waals surface area contributed by atoms with Gasteiger partial charge in [-0.15, -0.1) is 0 Å². The summed E-state index contributed by atoms with van der Waals surface area (Å²) in [6, 6.07) is 13.3. The van der Waals surface area contributed by atoms with Crippen LogP contribution in [0.4, 0.5) is 5.69 Å². The first-order valence-electron chi connectivity index (χ1n) is 8.66. The zero-order valence-corrected chi connectivity index (χ0v) is 16.3. The summed E-state index contributed by atoms with van der Waals surface area (Å²) in [6.45, 7) is 3.27. The lowest BCUT2D eigenvalue weighted by molar-refractivity contribution is -0.152. The Morgan fingerprint density at radius 2 is 1.86 bits per heavy atom. The quantitative estimate of drug-likeness (QED) is 0.659. The highest BCUT2D eigenvalue weighted by Gasteiger charge is 2.19. The van der Waals surface area contributed by atoms with Crippen LogP contribution in [0.2, 0.25) is 5.02 Å². The van der Waals surface area contributed by atoms with Crippen LogP contribution >= 0.6 is 11.6 Å². The van der Waals surface area contributed by atoms with E-state index in [0.717, 1.165) is 0 Å². The molecule has 0 aliphatic heterocycles. The summed E-state index contributed by atoms with van der Waals surface area (Å²) in [5.41, 5.74) is 0.796. The van der Waals surface area contributed by atoms with Crippen molar-refractivity contribution >= 4 is 35.1 Å². The van der Waals surface area contributed by atoms with Crippen LogP contribution in [-0.4, -0.2) is 37.0 Å². The Hall–Kier alpha value is -3.06. The molecular weight excluding hydrogens is 384 g/mol. The van der Waals surface area contributed by atoms with Crippen molar-refractivity contribution < 1.29 is 23.9 Å². The Morgan fingerprint density at radius 1 is 1.11 bits per heavy atom. The number of nitrogens with one attached hydrogen (secondary N) is 2. The highest BCUT2D eigenvalue weighted by Crippen LogP contribution is 2.18. The topological polar surface area (TPSA) is 93.7 Å². The van der Waals surface area contributed by atoms with Crippen molar-refractivity contribution in [2.45, 2.75) is 20.0 Å². The van der Waals surface area contributed by atoms with Crippen molar-refractivity contribution in [1.29, 1.82) is 0 Å². The van der Waals surface area contributed by atoms with E-state index < -0.39 is 23.9 Å². The minimum Gasteiger partial charge on any atom is -0.493 e. The molecule has 2 N–H and O–H groups in total. The van der Waals surface area contributed by atoms with Gasteiger partial charge in [-0.3, -0.25) is 14.4 Å². The van der Waals surface area contributed by atoms with Gasteiger partial charge in [0.2, 0.25) is 0 Å². The van der Waals surface area contributed by atoms with Gasteiger partial charge in [-0.05, 0) is 44.2 Å². The second kappa shape index (κ2) is 10.3. The van der Waals surface area contributed by atoms with E-state index in [1.807, 2.05) is 6.92 Å². The lowest BCUT2D eigenvalue weighted by Gasteiger charge is -2.14. The Balaban J connectivity index is 1.84. The van der Waals surface area contributed by atoms with Crippen molar-refractivity contribution in [2.24, 2.45) is 0 Å². The van der Waals surface area contributed by atoms with Gasteiger partial charge in [0.25, 0.3) is 11.8 Å². The van der Waals surface area contributed by atoms with E-state index >= 15 is 0 Å². The molecule has 0 unspecified atom stereocenters. The van der Waals surface area contributed by atoms with Gasteiger partial charge in [-0.1, -0.05) is 29.8 Å². The van der Waals surface area contributed by atoms with Gasteiger partial charge in [0.1, 0.15) is 12.3 Å². The summed E-state index contributed by atoms with van der Waals surface area (Å²) in [5.74, 6) is -1.30. The van der Waals surface area contributed by atoms with Crippen molar-refractivity contribution in [3.05, 3.63) is 59.1 Å². The largest absolute Gasteiger partial charge is 0.493 e. The molecule has 0 spiro atoms. The van der Waals surface area contributed by atoms with Crippen LogP contribution in [-0.2, 0) is 14.3 Å². The van der Waals surface area contributed by atoms with E-state index in [1.165, 1.54) is 6.92 Å². The van der Waals surface area contributed by atoms with Crippen LogP contribution < -0.4 is 15.4 Å². The minimum absolute atomic E-state index is 0.309. The number of amides is 2. The number of benzene rings is 2. The van der Waals surface area contributed by atoms with Crippen LogP contribution in [0, 0.1) is 0 Å². The van der Waals surface area contributed by atoms with E-state index in [2.05, 4.69) is 10.6 Å². The molecule has 0 fully saturated rings. The average molecular weight is 405 g/mol. The van der Waals surface area contributed by atoms with Crippen molar-refractivity contribution in [3.8, 4) is 5.75 Å². The van der Waals surface area contributed by atoms with Crippen molar-refractivity contribution in [1.82, 2.24) is 5.32 Å². The SMILES string of the molecule is CCOc1ccccc1C(=O)NCC(=O)O[C@@H](C)C(=O)Nc1cccc(Cl)c1. The summed E-state index contributed by atoms with van der Waals surface area (Å²) in [4.78, 5) is 36.3. The number of ether oxygens (including phenoxy) is 2. The third kappa shape index (κ3) is 6.28. The molecule has 0 aliphatic rings. The predicted octanol–water partition coefficient (Wildman–Crippen LogP) is 3.04. The summed E-state index contributed by atoms with van der Waals surface area (Å²) in [7, 11) is 0. The number of hydrogen-bond acceptors (Lipinski definition) is 5. The molecule has 8 heteroatoms. The highest BCUT2D eigenvalue weighted by molar-refractivity contribution is 6.30. The third-order valence-electron chi connectivity index (χ3n) is 3.59. The first kappa shape index (κ1) is 21.2. The van der Waals surface area contributed by atoms with Crippen LogP contribution in [0.5, 0.6) is 5.75 Å². The predicted molar refractivity (Wildman–Crippen MR) is 106 cm³/mol. The van der Waals surface area contributed by atoms with Crippen LogP contribution in [0.25, 0.3) is 0 Å². The van der Waals surface area contributed by atoms with E-state index in [4.69, 9.17) is 21.1 Å². The fourth-order valence-corrected chi connectivity index (χ4v) is 2.48. The number of esters is 1. The molecule has 0 aliphatic carbocycles.